The van der Waals surface area contributed by atoms with Crippen molar-refractivity contribution in [3.63, 3.8) is 0 Å². The molecule has 0 aliphatic heterocycles. The highest BCUT2D eigenvalue weighted by Crippen LogP contribution is 1.95. The Morgan fingerprint density at radius 2 is 1.92 bits per heavy atom. The van der Waals surface area contributed by atoms with E-state index in [2.05, 4.69) is 13.1 Å². The highest BCUT2D eigenvalue weighted by atomic mass is 32.3. The molecule has 0 aromatic rings. The van der Waals surface area contributed by atoms with Crippen LogP contribution >= 0.6 is 0 Å². The minimum Gasteiger partial charge on any atom is -0.388 e. The number of aliphatic hydroxyl groups is 1. The summed E-state index contributed by atoms with van der Waals surface area (Å²) in [5.41, 5.74) is 0. The van der Waals surface area contributed by atoms with Gasteiger partial charge in [0.2, 0.25) is 0 Å². The molecule has 6 nitrogen and oxygen atoms in total. The van der Waals surface area contributed by atoms with Gasteiger partial charge in [-0.1, -0.05) is 0 Å². The SMILES string of the molecule is COCC(O)COS(=O)(=O)OC. The number of hydrogen-bond donors (Lipinski definition) is 1. The van der Waals surface area contributed by atoms with E-state index in [1.165, 1.54) is 7.11 Å². The van der Waals surface area contributed by atoms with Crippen LogP contribution in [-0.2, 0) is 23.5 Å². The predicted molar refractivity (Wildman–Crippen MR) is 39.8 cm³/mol. The lowest BCUT2D eigenvalue weighted by Gasteiger charge is -2.08. The third kappa shape index (κ3) is 5.44. The Balaban J connectivity index is 3.68. The van der Waals surface area contributed by atoms with Gasteiger partial charge in [-0.2, -0.15) is 8.42 Å². The monoisotopic (exact) mass is 200 g/mol. The first-order valence-corrected chi connectivity index (χ1v) is 4.47. The normalized spacial score (nSPS) is 14.6. The molecule has 1 unspecified atom stereocenters. The fourth-order valence-electron chi connectivity index (χ4n) is 0.450. The van der Waals surface area contributed by atoms with Gasteiger partial charge in [0, 0.05) is 7.11 Å². The van der Waals surface area contributed by atoms with Crippen molar-refractivity contribution in [2.45, 2.75) is 6.10 Å². The molecule has 0 aromatic carbocycles. The Morgan fingerprint density at radius 3 is 2.33 bits per heavy atom. The summed E-state index contributed by atoms with van der Waals surface area (Å²) >= 11 is 0. The third-order valence-electron chi connectivity index (χ3n) is 0.968. The maximum absolute atomic E-state index is 10.5. The van der Waals surface area contributed by atoms with E-state index in [9.17, 15) is 8.42 Å². The number of hydrogen-bond acceptors (Lipinski definition) is 6. The van der Waals surface area contributed by atoms with E-state index in [1.807, 2.05) is 0 Å². The lowest BCUT2D eigenvalue weighted by molar-refractivity contribution is 0.0302. The molecule has 0 amide bonds. The number of rotatable bonds is 6. The van der Waals surface area contributed by atoms with Crippen molar-refractivity contribution in [2.24, 2.45) is 0 Å². The smallest absolute Gasteiger partial charge is 0.388 e. The van der Waals surface area contributed by atoms with Crippen molar-refractivity contribution in [2.75, 3.05) is 27.4 Å². The molecule has 0 bridgehead atoms. The van der Waals surface area contributed by atoms with Gasteiger partial charge in [-0.05, 0) is 0 Å². The van der Waals surface area contributed by atoms with Crippen LogP contribution in [0, 0.1) is 0 Å². The van der Waals surface area contributed by atoms with Crippen molar-refractivity contribution in [3.05, 3.63) is 0 Å². The lowest BCUT2D eigenvalue weighted by Crippen LogP contribution is -2.23. The van der Waals surface area contributed by atoms with Gasteiger partial charge in [-0.3, -0.25) is 4.18 Å². The van der Waals surface area contributed by atoms with Gasteiger partial charge in [0.25, 0.3) is 0 Å². The second-order valence-electron chi connectivity index (χ2n) is 1.97. The standard InChI is InChI=1S/C5H12O6S/c1-9-3-5(6)4-11-12(7,8)10-2/h5-6H,3-4H2,1-2H3. The van der Waals surface area contributed by atoms with E-state index in [4.69, 9.17) is 5.11 Å². The minimum atomic E-state index is -3.95. The first-order valence-electron chi connectivity index (χ1n) is 3.14. The Labute approximate surface area is 71.4 Å². The van der Waals surface area contributed by atoms with Crippen LogP contribution in [0.5, 0.6) is 0 Å². The molecule has 0 heterocycles. The maximum Gasteiger partial charge on any atom is 0.399 e. The average Bonchev–Trinajstić information content (AvgIpc) is 2.02. The Morgan fingerprint density at radius 1 is 1.33 bits per heavy atom. The molecular weight excluding hydrogens is 188 g/mol. The zero-order valence-electron chi connectivity index (χ0n) is 6.89. The van der Waals surface area contributed by atoms with E-state index in [0.717, 1.165) is 7.11 Å². The molecule has 0 fully saturated rings. The summed E-state index contributed by atoms with van der Waals surface area (Å²) in [6.07, 6.45) is -0.972. The maximum atomic E-state index is 10.5. The molecule has 0 aromatic heterocycles. The highest BCUT2D eigenvalue weighted by molar-refractivity contribution is 7.81. The molecule has 74 valence electrons. The summed E-state index contributed by atoms with van der Waals surface area (Å²) < 4.78 is 33.7. The summed E-state index contributed by atoms with van der Waals surface area (Å²) in [5.74, 6) is 0. The van der Waals surface area contributed by atoms with Crippen molar-refractivity contribution < 1.29 is 26.6 Å². The molecule has 0 aliphatic rings. The first kappa shape index (κ1) is 11.8. The van der Waals surface area contributed by atoms with Gasteiger partial charge < -0.3 is 9.84 Å². The fourth-order valence-corrected chi connectivity index (χ4v) is 0.870. The zero-order valence-corrected chi connectivity index (χ0v) is 7.70. The van der Waals surface area contributed by atoms with Gasteiger partial charge in [-0.25, -0.2) is 4.18 Å². The molecule has 0 aliphatic carbocycles. The van der Waals surface area contributed by atoms with E-state index >= 15 is 0 Å². The quantitative estimate of drug-likeness (QED) is 0.586. The zero-order chi connectivity index (χ0) is 9.61. The van der Waals surface area contributed by atoms with E-state index in [-0.39, 0.29) is 13.2 Å². The number of aliphatic hydroxyl groups excluding tert-OH is 1. The van der Waals surface area contributed by atoms with Gasteiger partial charge in [0.15, 0.2) is 0 Å². The summed E-state index contributed by atoms with van der Waals surface area (Å²) in [6.45, 7) is -0.358. The van der Waals surface area contributed by atoms with Crippen LogP contribution in [0.25, 0.3) is 0 Å². The number of ether oxygens (including phenoxy) is 1. The minimum absolute atomic E-state index is 0.0131. The molecule has 0 rings (SSSR count). The molecule has 0 saturated carbocycles. The van der Waals surface area contributed by atoms with Crippen molar-refractivity contribution >= 4 is 10.4 Å². The topological polar surface area (TPSA) is 82.1 Å². The highest BCUT2D eigenvalue weighted by Gasteiger charge is 2.12. The predicted octanol–water partition coefficient (Wildman–Crippen LogP) is -1.10. The van der Waals surface area contributed by atoms with Crippen LogP contribution < -0.4 is 0 Å². The van der Waals surface area contributed by atoms with Crippen molar-refractivity contribution in [1.82, 2.24) is 0 Å². The average molecular weight is 200 g/mol. The van der Waals surface area contributed by atoms with Gasteiger partial charge in [0.1, 0.15) is 6.10 Å². The van der Waals surface area contributed by atoms with E-state index in [0.29, 0.717) is 0 Å². The van der Waals surface area contributed by atoms with Gasteiger partial charge >= 0.3 is 10.4 Å². The molecule has 1 atom stereocenters. The first-order chi connectivity index (χ1) is 5.52. The summed E-state index contributed by atoms with van der Waals surface area (Å²) in [4.78, 5) is 0. The molecule has 12 heavy (non-hydrogen) atoms. The Bertz CT molecular complexity index is 198. The second kappa shape index (κ2) is 5.44. The summed E-state index contributed by atoms with van der Waals surface area (Å²) in [5, 5.41) is 8.94. The van der Waals surface area contributed by atoms with Crippen molar-refractivity contribution in [3.8, 4) is 0 Å². The van der Waals surface area contributed by atoms with Crippen molar-refractivity contribution in [1.29, 1.82) is 0 Å². The van der Waals surface area contributed by atoms with Crippen LogP contribution in [0.4, 0.5) is 0 Å². The molecule has 1 N–H and O–H groups in total. The lowest BCUT2D eigenvalue weighted by atomic mass is 10.4. The molecule has 0 radical (unpaired) electrons. The molecule has 7 heteroatoms. The molecule has 0 spiro atoms. The van der Waals surface area contributed by atoms with E-state index < -0.39 is 16.5 Å². The Hall–Kier alpha value is -0.210. The van der Waals surface area contributed by atoms with Crippen LogP contribution in [0.1, 0.15) is 0 Å². The largest absolute Gasteiger partial charge is 0.399 e. The van der Waals surface area contributed by atoms with Gasteiger partial charge in [-0.15, -0.1) is 0 Å². The molecular formula is C5H12O6S. The van der Waals surface area contributed by atoms with Crippen LogP contribution in [0.2, 0.25) is 0 Å². The van der Waals surface area contributed by atoms with E-state index in [1.54, 1.807) is 0 Å². The summed E-state index contributed by atoms with van der Waals surface area (Å²) in [7, 11) is -1.60. The van der Waals surface area contributed by atoms with Crippen LogP contribution in [0.3, 0.4) is 0 Å². The van der Waals surface area contributed by atoms with Gasteiger partial charge in [0.05, 0.1) is 20.3 Å². The summed E-state index contributed by atoms with van der Waals surface area (Å²) in [6, 6.07) is 0. The number of methoxy groups -OCH3 is 1. The van der Waals surface area contributed by atoms with Crippen LogP contribution in [0.15, 0.2) is 0 Å². The second-order valence-corrected chi connectivity index (χ2v) is 3.35. The Kier molecular flexibility index (Phi) is 5.34. The fraction of sp³-hybridized carbons (Fsp3) is 1.00. The third-order valence-corrected chi connectivity index (χ3v) is 1.80. The molecule has 0 saturated heterocycles. The van der Waals surface area contributed by atoms with Crippen LogP contribution in [-0.4, -0.2) is 47.1 Å².